The summed E-state index contributed by atoms with van der Waals surface area (Å²) in [5, 5.41) is 3.29. The number of benzene rings is 2. The van der Waals surface area contributed by atoms with Gasteiger partial charge in [-0.25, -0.2) is 13.1 Å². The van der Waals surface area contributed by atoms with Crippen LogP contribution in [0.25, 0.3) is 0 Å². The zero-order valence-electron chi connectivity index (χ0n) is 14.0. The Labute approximate surface area is 143 Å². The van der Waals surface area contributed by atoms with Crippen molar-refractivity contribution in [3.63, 3.8) is 0 Å². The molecule has 6 heteroatoms. The van der Waals surface area contributed by atoms with Gasteiger partial charge in [0.05, 0.1) is 4.90 Å². The zero-order valence-corrected chi connectivity index (χ0v) is 14.9. The Balaban J connectivity index is 1.67. The van der Waals surface area contributed by atoms with Gasteiger partial charge in [0.25, 0.3) is 0 Å². The lowest BCUT2D eigenvalue weighted by Crippen LogP contribution is -2.23. The van der Waals surface area contributed by atoms with E-state index in [9.17, 15) is 8.42 Å². The second-order valence-electron chi connectivity index (χ2n) is 6.41. The standard InChI is InChI=1S/C18H23N3O2S/c1-21(2)13-14-4-7-18(8-5-14)24(22,23)20-10-15-3-6-16-11-19-12-17(16)9-15/h3-9,19-20H,10-13H2,1-2H3. The normalized spacial score (nSPS) is 14.1. The molecule has 0 aromatic heterocycles. The molecule has 0 atom stereocenters. The Morgan fingerprint density at radius 1 is 1.00 bits per heavy atom. The van der Waals surface area contributed by atoms with Gasteiger partial charge in [-0.2, -0.15) is 0 Å². The Kier molecular flexibility index (Phi) is 5.01. The molecule has 1 heterocycles. The summed E-state index contributed by atoms with van der Waals surface area (Å²) in [4.78, 5) is 2.35. The van der Waals surface area contributed by atoms with E-state index in [1.54, 1.807) is 12.1 Å². The van der Waals surface area contributed by atoms with Crippen molar-refractivity contribution >= 4 is 10.0 Å². The highest BCUT2D eigenvalue weighted by Crippen LogP contribution is 2.18. The van der Waals surface area contributed by atoms with Crippen molar-refractivity contribution in [1.29, 1.82) is 0 Å². The fraction of sp³-hybridized carbons (Fsp3) is 0.333. The van der Waals surface area contributed by atoms with Crippen molar-refractivity contribution in [1.82, 2.24) is 14.9 Å². The van der Waals surface area contributed by atoms with Gasteiger partial charge in [-0.1, -0.05) is 30.3 Å². The molecule has 0 spiro atoms. The smallest absolute Gasteiger partial charge is 0.240 e. The minimum absolute atomic E-state index is 0.299. The summed E-state index contributed by atoms with van der Waals surface area (Å²) in [5.74, 6) is 0. The van der Waals surface area contributed by atoms with Gasteiger partial charge >= 0.3 is 0 Å². The first kappa shape index (κ1) is 17.1. The fourth-order valence-electron chi connectivity index (χ4n) is 2.86. The second-order valence-corrected chi connectivity index (χ2v) is 8.18. The number of sulfonamides is 1. The molecule has 128 valence electrons. The summed E-state index contributed by atoms with van der Waals surface area (Å²) in [6, 6.07) is 13.1. The van der Waals surface area contributed by atoms with Gasteiger partial charge in [-0.3, -0.25) is 0 Å². The van der Waals surface area contributed by atoms with Crippen LogP contribution in [0.2, 0.25) is 0 Å². The highest BCUT2D eigenvalue weighted by atomic mass is 32.2. The Bertz CT molecular complexity index is 815. The molecule has 0 saturated heterocycles. The van der Waals surface area contributed by atoms with Crippen LogP contribution in [-0.2, 0) is 36.2 Å². The molecule has 1 aliphatic rings. The Morgan fingerprint density at radius 3 is 2.38 bits per heavy atom. The maximum absolute atomic E-state index is 12.4. The van der Waals surface area contributed by atoms with Crippen LogP contribution in [0, 0.1) is 0 Å². The van der Waals surface area contributed by atoms with Crippen LogP contribution in [0.1, 0.15) is 22.3 Å². The maximum Gasteiger partial charge on any atom is 0.240 e. The third kappa shape index (κ3) is 4.02. The van der Waals surface area contributed by atoms with E-state index >= 15 is 0 Å². The third-order valence-electron chi connectivity index (χ3n) is 4.10. The van der Waals surface area contributed by atoms with Crippen molar-refractivity contribution in [2.75, 3.05) is 14.1 Å². The predicted molar refractivity (Wildman–Crippen MR) is 94.8 cm³/mol. The summed E-state index contributed by atoms with van der Waals surface area (Å²) >= 11 is 0. The van der Waals surface area contributed by atoms with Gasteiger partial charge in [0.2, 0.25) is 10.0 Å². The number of fused-ring (bicyclic) bond motifs is 1. The first-order valence-electron chi connectivity index (χ1n) is 7.99. The van der Waals surface area contributed by atoms with Crippen molar-refractivity contribution in [2.24, 2.45) is 0 Å². The highest BCUT2D eigenvalue weighted by Gasteiger charge is 2.15. The second kappa shape index (κ2) is 7.03. The van der Waals surface area contributed by atoms with Crippen LogP contribution in [0.4, 0.5) is 0 Å². The van der Waals surface area contributed by atoms with E-state index in [4.69, 9.17) is 0 Å². The van der Waals surface area contributed by atoms with E-state index in [-0.39, 0.29) is 0 Å². The van der Waals surface area contributed by atoms with Gasteiger partial charge in [0, 0.05) is 26.2 Å². The summed E-state index contributed by atoms with van der Waals surface area (Å²) in [7, 11) is 0.472. The number of nitrogens with zero attached hydrogens (tertiary/aromatic N) is 1. The van der Waals surface area contributed by atoms with E-state index in [2.05, 4.69) is 22.2 Å². The van der Waals surface area contributed by atoms with Gasteiger partial charge in [-0.15, -0.1) is 0 Å². The number of nitrogens with one attached hydrogen (secondary N) is 2. The van der Waals surface area contributed by atoms with Crippen LogP contribution >= 0.6 is 0 Å². The summed E-state index contributed by atoms with van der Waals surface area (Å²) in [6.45, 7) is 2.83. The van der Waals surface area contributed by atoms with Crippen LogP contribution < -0.4 is 10.0 Å². The number of hydrogen-bond acceptors (Lipinski definition) is 4. The average molecular weight is 345 g/mol. The molecule has 0 fully saturated rings. The average Bonchev–Trinajstić information content (AvgIpc) is 3.00. The zero-order chi connectivity index (χ0) is 17.2. The molecule has 0 radical (unpaired) electrons. The maximum atomic E-state index is 12.4. The summed E-state index contributed by atoms with van der Waals surface area (Å²) < 4.78 is 27.6. The summed E-state index contributed by atoms with van der Waals surface area (Å²) in [6.07, 6.45) is 0. The minimum atomic E-state index is -3.50. The molecule has 0 aliphatic carbocycles. The molecule has 0 amide bonds. The van der Waals surface area contributed by atoms with Crippen LogP contribution in [-0.4, -0.2) is 27.4 Å². The van der Waals surface area contributed by atoms with Crippen LogP contribution in [0.3, 0.4) is 0 Å². The Hall–Kier alpha value is -1.73. The molecule has 2 aromatic rings. The third-order valence-corrected chi connectivity index (χ3v) is 5.52. The van der Waals surface area contributed by atoms with E-state index in [1.165, 1.54) is 11.1 Å². The van der Waals surface area contributed by atoms with Crippen molar-refractivity contribution < 1.29 is 8.42 Å². The molecule has 0 unspecified atom stereocenters. The monoisotopic (exact) mass is 345 g/mol. The van der Waals surface area contributed by atoms with E-state index in [0.29, 0.717) is 11.4 Å². The lowest BCUT2D eigenvalue weighted by Gasteiger charge is -2.11. The fourth-order valence-corrected chi connectivity index (χ4v) is 3.88. The predicted octanol–water partition coefficient (Wildman–Crippen LogP) is 1.83. The lowest BCUT2D eigenvalue weighted by atomic mass is 10.1. The molecule has 0 bridgehead atoms. The summed E-state index contributed by atoms with van der Waals surface area (Å²) in [5.41, 5.74) is 4.60. The molecular weight excluding hydrogens is 322 g/mol. The first-order valence-corrected chi connectivity index (χ1v) is 9.47. The van der Waals surface area contributed by atoms with E-state index in [1.807, 2.05) is 37.2 Å². The molecular formula is C18H23N3O2S. The van der Waals surface area contributed by atoms with Gasteiger partial charge < -0.3 is 10.2 Å². The molecule has 3 rings (SSSR count). The van der Waals surface area contributed by atoms with E-state index in [0.717, 1.165) is 30.8 Å². The molecule has 2 aromatic carbocycles. The van der Waals surface area contributed by atoms with Crippen LogP contribution in [0.5, 0.6) is 0 Å². The highest BCUT2D eigenvalue weighted by molar-refractivity contribution is 7.89. The SMILES string of the molecule is CN(C)Cc1ccc(S(=O)(=O)NCc2ccc3c(c2)CNC3)cc1. The molecule has 2 N–H and O–H groups in total. The first-order chi connectivity index (χ1) is 11.4. The molecule has 24 heavy (non-hydrogen) atoms. The molecule has 5 nitrogen and oxygen atoms in total. The van der Waals surface area contributed by atoms with Crippen molar-refractivity contribution in [2.45, 2.75) is 31.1 Å². The van der Waals surface area contributed by atoms with Crippen molar-refractivity contribution in [3.8, 4) is 0 Å². The number of rotatable bonds is 6. The largest absolute Gasteiger partial charge is 0.309 e. The topological polar surface area (TPSA) is 61.4 Å². The van der Waals surface area contributed by atoms with Crippen molar-refractivity contribution in [3.05, 3.63) is 64.7 Å². The molecule has 0 saturated carbocycles. The quantitative estimate of drug-likeness (QED) is 0.838. The van der Waals surface area contributed by atoms with Gasteiger partial charge in [-0.05, 0) is 48.5 Å². The lowest BCUT2D eigenvalue weighted by molar-refractivity contribution is 0.402. The number of hydrogen-bond donors (Lipinski definition) is 2. The molecule has 1 aliphatic heterocycles. The van der Waals surface area contributed by atoms with Gasteiger partial charge in [0.1, 0.15) is 0 Å². The van der Waals surface area contributed by atoms with E-state index < -0.39 is 10.0 Å². The Morgan fingerprint density at radius 2 is 1.67 bits per heavy atom. The van der Waals surface area contributed by atoms with Crippen LogP contribution in [0.15, 0.2) is 47.4 Å². The van der Waals surface area contributed by atoms with Gasteiger partial charge in [0.15, 0.2) is 0 Å². The minimum Gasteiger partial charge on any atom is -0.309 e.